The lowest BCUT2D eigenvalue weighted by atomic mass is 9.92. The van der Waals surface area contributed by atoms with Crippen LogP contribution in [0.1, 0.15) is 23.9 Å². The molecule has 16 heavy (non-hydrogen) atoms. The second-order valence-electron chi connectivity index (χ2n) is 3.81. The Balaban J connectivity index is 2.55. The highest BCUT2D eigenvalue weighted by atomic mass is 79.9. The van der Waals surface area contributed by atoms with Crippen LogP contribution in [-0.2, 0) is 5.60 Å². The Bertz CT molecular complexity index is 505. The van der Waals surface area contributed by atoms with Crippen LogP contribution in [0, 0.1) is 6.92 Å². The van der Waals surface area contributed by atoms with Gasteiger partial charge in [-0.25, -0.2) is 4.98 Å². The fourth-order valence-electron chi connectivity index (χ4n) is 1.76. The number of aryl methyl sites for hydroxylation is 1. The third-order valence-corrected chi connectivity index (χ3v) is 3.30. The van der Waals surface area contributed by atoms with Crippen molar-refractivity contribution in [3.8, 4) is 0 Å². The molecule has 0 bridgehead atoms. The number of hydrogen-bond donors (Lipinski definition) is 1. The van der Waals surface area contributed by atoms with Crippen LogP contribution in [0.3, 0.4) is 0 Å². The van der Waals surface area contributed by atoms with E-state index in [1.807, 2.05) is 24.3 Å². The maximum Gasteiger partial charge on any atom is 0.181 e. The van der Waals surface area contributed by atoms with E-state index < -0.39 is 5.60 Å². The predicted molar refractivity (Wildman–Crippen MR) is 64.1 cm³/mol. The molecule has 0 aliphatic carbocycles. The monoisotopic (exact) mass is 281 g/mol. The van der Waals surface area contributed by atoms with E-state index in [-0.39, 0.29) is 0 Å². The van der Waals surface area contributed by atoms with Crippen LogP contribution in [0.25, 0.3) is 0 Å². The first-order valence-corrected chi connectivity index (χ1v) is 5.70. The predicted octanol–water partition coefficient (Wildman–Crippen LogP) is 3.00. The number of hydrogen-bond acceptors (Lipinski definition) is 3. The minimum atomic E-state index is -1.16. The summed E-state index contributed by atoms with van der Waals surface area (Å²) in [6.07, 6.45) is 1.34. The minimum Gasteiger partial charge on any atom is -0.448 e. The molecule has 1 unspecified atom stereocenters. The fourth-order valence-corrected chi connectivity index (χ4v) is 2.43. The van der Waals surface area contributed by atoms with Gasteiger partial charge in [-0.2, -0.15) is 0 Å². The number of halogens is 1. The molecular weight excluding hydrogens is 270 g/mol. The molecule has 0 aliphatic rings. The van der Waals surface area contributed by atoms with Crippen LogP contribution in [-0.4, -0.2) is 10.1 Å². The largest absolute Gasteiger partial charge is 0.448 e. The van der Waals surface area contributed by atoms with Crippen LogP contribution in [0.5, 0.6) is 0 Å². The van der Waals surface area contributed by atoms with Gasteiger partial charge in [-0.1, -0.05) is 34.1 Å². The fraction of sp³-hybridized carbons (Fsp3) is 0.250. The first-order valence-electron chi connectivity index (χ1n) is 4.91. The summed E-state index contributed by atoms with van der Waals surface area (Å²) < 4.78 is 5.98. The molecule has 0 fully saturated rings. The van der Waals surface area contributed by atoms with Crippen molar-refractivity contribution in [1.29, 1.82) is 0 Å². The zero-order valence-corrected chi connectivity index (χ0v) is 10.7. The number of aromatic nitrogens is 1. The Kier molecular flexibility index (Phi) is 2.86. The van der Waals surface area contributed by atoms with Crippen LogP contribution in [0.2, 0.25) is 0 Å². The third kappa shape index (κ3) is 1.79. The number of nitrogens with zero attached hydrogens (tertiary/aromatic N) is 1. The molecule has 0 saturated heterocycles. The molecule has 84 valence electrons. The SMILES string of the molecule is Cc1ocnc1C(C)(O)c1ccccc1Br. The molecule has 0 aliphatic heterocycles. The summed E-state index contributed by atoms with van der Waals surface area (Å²) in [5.41, 5.74) is 0.156. The molecule has 2 rings (SSSR count). The van der Waals surface area contributed by atoms with Gasteiger partial charge < -0.3 is 9.52 Å². The molecule has 4 heteroatoms. The lowest BCUT2D eigenvalue weighted by Crippen LogP contribution is -2.24. The molecule has 1 aromatic carbocycles. The third-order valence-electron chi connectivity index (χ3n) is 2.60. The Morgan fingerprint density at radius 1 is 1.38 bits per heavy atom. The van der Waals surface area contributed by atoms with E-state index >= 15 is 0 Å². The van der Waals surface area contributed by atoms with Gasteiger partial charge in [0.1, 0.15) is 17.1 Å². The van der Waals surface area contributed by atoms with E-state index in [1.54, 1.807) is 13.8 Å². The van der Waals surface area contributed by atoms with Gasteiger partial charge >= 0.3 is 0 Å². The molecule has 0 amide bonds. The van der Waals surface area contributed by atoms with Gasteiger partial charge in [-0.15, -0.1) is 0 Å². The van der Waals surface area contributed by atoms with Crippen LogP contribution in [0.15, 0.2) is 39.5 Å². The van der Waals surface area contributed by atoms with Crippen molar-refractivity contribution < 1.29 is 9.52 Å². The molecule has 0 spiro atoms. The van der Waals surface area contributed by atoms with E-state index in [9.17, 15) is 5.11 Å². The van der Waals surface area contributed by atoms with Gasteiger partial charge in [0.2, 0.25) is 0 Å². The molecule has 1 atom stereocenters. The molecule has 0 radical (unpaired) electrons. The molecule has 2 aromatic rings. The average molecular weight is 282 g/mol. The normalized spacial score (nSPS) is 14.8. The van der Waals surface area contributed by atoms with Gasteiger partial charge in [-0.05, 0) is 19.9 Å². The zero-order chi connectivity index (χ0) is 11.8. The van der Waals surface area contributed by atoms with E-state index in [4.69, 9.17) is 4.42 Å². The second-order valence-corrected chi connectivity index (χ2v) is 4.66. The van der Waals surface area contributed by atoms with E-state index in [2.05, 4.69) is 20.9 Å². The maximum atomic E-state index is 10.6. The molecular formula is C12H12BrNO2. The van der Waals surface area contributed by atoms with Gasteiger partial charge in [0, 0.05) is 10.0 Å². The van der Waals surface area contributed by atoms with Crippen molar-refractivity contribution in [2.24, 2.45) is 0 Å². The second kappa shape index (κ2) is 4.03. The highest BCUT2D eigenvalue weighted by Crippen LogP contribution is 2.34. The van der Waals surface area contributed by atoms with E-state index in [0.717, 1.165) is 10.0 Å². The van der Waals surface area contributed by atoms with Crippen molar-refractivity contribution in [3.63, 3.8) is 0 Å². The lowest BCUT2D eigenvalue weighted by Gasteiger charge is -2.23. The Labute approximate surface area is 102 Å². The van der Waals surface area contributed by atoms with Gasteiger partial charge in [0.05, 0.1) is 0 Å². The standard InChI is InChI=1S/C12H12BrNO2/c1-8-11(14-7-16-8)12(2,15)9-5-3-4-6-10(9)13/h3-7,15H,1-2H3. The molecule has 1 N–H and O–H groups in total. The average Bonchev–Trinajstić information content (AvgIpc) is 2.65. The highest BCUT2D eigenvalue weighted by molar-refractivity contribution is 9.10. The summed E-state index contributed by atoms with van der Waals surface area (Å²) in [4.78, 5) is 4.07. The van der Waals surface area contributed by atoms with E-state index in [1.165, 1.54) is 6.39 Å². The summed E-state index contributed by atoms with van der Waals surface area (Å²) in [5, 5.41) is 10.6. The van der Waals surface area contributed by atoms with Gasteiger partial charge in [0.25, 0.3) is 0 Å². The Hall–Kier alpha value is -1.13. The smallest absolute Gasteiger partial charge is 0.181 e. The summed E-state index contributed by atoms with van der Waals surface area (Å²) in [6, 6.07) is 7.53. The number of oxazole rings is 1. The Morgan fingerprint density at radius 2 is 2.06 bits per heavy atom. The van der Waals surface area contributed by atoms with Crippen molar-refractivity contribution in [2.75, 3.05) is 0 Å². The number of rotatable bonds is 2. The van der Waals surface area contributed by atoms with Crippen molar-refractivity contribution in [2.45, 2.75) is 19.4 Å². The highest BCUT2D eigenvalue weighted by Gasteiger charge is 2.32. The quantitative estimate of drug-likeness (QED) is 0.921. The Morgan fingerprint density at radius 3 is 2.62 bits per heavy atom. The van der Waals surface area contributed by atoms with Crippen LogP contribution < -0.4 is 0 Å². The van der Waals surface area contributed by atoms with Crippen molar-refractivity contribution in [3.05, 3.63) is 52.1 Å². The lowest BCUT2D eigenvalue weighted by molar-refractivity contribution is 0.0955. The summed E-state index contributed by atoms with van der Waals surface area (Å²) in [5.74, 6) is 0.626. The molecule has 1 heterocycles. The van der Waals surface area contributed by atoms with Gasteiger partial charge in [-0.3, -0.25) is 0 Å². The molecule has 0 saturated carbocycles. The van der Waals surface area contributed by atoms with Crippen molar-refractivity contribution in [1.82, 2.24) is 4.98 Å². The van der Waals surface area contributed by atoms with E-state index in [0.29, 0.717) is 11.5 Å². The summed E-state index contributed by atoms with van der Waals surface area (Å²) >= 11 is 3.42. The van der Waals surface area contributed by atoms with Crippen LogP contribution in [0.4, 0.5) is 0 Å². The minimum absolute atomic E-state index is 0.541. The topological polar surface area (TPSA) is 46.3 Å². The summed E-state index contributed by atoms with van der Waals surface area (Å²) in [6.45, 7) is 3.49. The van der Waals surface area contributed by atoms with Gasteiger partial charge in [0.15, 0.2) is 6.39 Å². The molecule has 3 nitrogen and oxygen atoms in total. The number of aliphatic hydroxyl groups is 1. The first kappa shape index (κ1) is 11.4. The zero-order valence-electron chi connectivity index (χ0n) is 9.07. The van der Waals surface area contributed by atoms with Crippen LogP contribution >= 0.6 is 15.9 Å². The first-order chi connectivity index (χ1) is 7.53. The summed E-state index contributed by atoms with van der Waals surface area (Å²) in [7, 11) is 0. The van der Waals surface area contributed by atoms with Crippen molar-refractivity contribution >= 4 is 15.9 Å². The number of benzene rings is 1. The molecule has 1 aromatic heterocycles. The maximum absolute atomic E-state index is 10.6.